The van der Waals surface area contributed by atoms with Crippen LogP contribution in [0.25, 0.3) is 11.0 Å². The topological polar surface area (TPSA) is 66.5 Å². The summed E-state index contributed by atoms with van der Waals surface area (Å²) < 4.78 is 7.57. The van der Waals surface area contributed by atoms with Gasteiger partial charge in [0.05, 0.1) is 13.1 Å². The Hall–Kier alpha value is -2.80. The number of amides is 2. The number of anilines is 1. The molecule has 0 spiro atoms. The minimum Gasteiger partial charge on any atom is -0.459 e. The van der Waals surface area contributed by atoms with E-state index in [0.717, 1.165) is 29.8 Å². The average molecular weight is 341 g/mol. The summed E-state index contributed by atoms with van der Waals surface area (Å²) in [5.74, 6) is 1.29. The number of likely N-dealkylation sites (N-methyl/N-ethyl adjacent to an activating group) is 1. The number of nitrogens with zero attached hydrogens (tertiary/aromatic N) is 4. The van der Waals surface area contributed by atoms with Gasteiger partial charge in [-0.3, -0.25) is 10.00 Å². The van der Waals surface area contributed by atoms with Gasteiger partial charge in [0.2, 0.25) is 0 Å². The first kappa shape index (κ1) is 17.0. The van der Waals surface area contributed by atoms with Crippen LogP contribution in [-0.2, 0) is 13.1 Å². The predicted molar refractivity (Wildman–Crippen MR) is 97.5 cm³/mol. The van der Waals surface area contributed by atoms with E-state index in [0.29, 0.717) is 12.4 Å². The van der Waals surface area contributed by atoms with Gasteiger partial charge in [0.25, 0.3) is 0 Å². The van der Waals surface area contributed by atoms with Gasteiger partial charge in [0, 0.05) is 31.2 Å². The highest BCUT2D eigenvalue weighted by Gasteiger charge is 2.13. The van der Waals surface area contributed by atoms with Crippen LogP contribution in [0.3, 0.4) is 0 Å². The van der Waals surface area contributed by atoms with Crippen LogP contribution in [0.15, 0.2) is 47.0 Å². The first-order chi connectivity index (χ1) is 12.0. The van der Waals surface area contributed by atoms with Crippen molar-refractivity contribution in [2.45, 2.75) is 13.1 Å². The number of nitrogens with one attached hydrogen (secondary N) is 1. The van der Waals surface area contributed by atoms with Crippen LogP contribution in [0.4, 0.5) is 10.6 Å². The molecule has 0 fully saturated rings. The second kappa shape index (κ2) is 7.40. The highest BCUT2D eigenvalue weighted by molar-refractivity contribution is 5.88. The fraction of sp³-hybridized carbons (Fsp3) is 0.333. The molecule has 0 bridgehead atoms. The number of hydrogen-bond acceptors (Lipinski definition) is 4. The fourth-order valence-corrected chi connectivity index (χ4v) is 2.48. The number of furan rings is 1. The molecule has 0 aliphatic carbocycles. The van der Waals surface area contributed by atoms with Gasteiger partial charge in [-0.2, -0.15) is 5.10 Å². The maximum absolute atomic E-state index is 12.3. The largest absolute Gasteiger partial charge is 0.459 e. The molecule has 0 aliphatic heterocycles. The quantitative estimate of drug-likeness (QED) is 0.749. The van der Waals surface area contributed by atoms with Crippen molar-refractivity contribution in [3.05, 3.63) is 48.4 Å². The van der Waals surface area contributed by atoms with Gasteiger partial charge in [0.1, 0.15) is 11.3 Å². The zero-order valence-corrected chi connectivity index (χ0v) is 14.8. The molecule has 0 radical (unpaired) electrons. The molecule has 3 aromatic rings. The lowest BCUT2D eigenvalue weighted by Gasteiger charge is -2.15. The van der Waals surface area contributed by atoms with Gasteiger partial charge in [-0.15, -0.1) is 0 Å². The number of fused-ring (bicyclic) bond motifs is 1. The molecule has 0 unspecified atom stereocenters. The second-order valence-electron chi connectivity index (χ2n) is 6.30. The van der Waals surface area contributed by atoms with Crippen molar-refractivity contribution in [3.63, 3.8) is 0 Å². The van der Waals surface area contributed by atoms with Crippen LogP contribution in [0, 0.1) is 0 Å². The molecule has 7 nitrogen and oxygen atoms in total. The van der Waals surface area contributed by atoms with E-state index in [4.69, 9.17) is 4.42 Å². The number of rotatable bonds is 6. The second-order valence-corrected chi connectivity index (χ2v) is 6.30. The Morgan fingerprint density at radius 1 is 1.24 bits per heavy atom. The molecule has 2 aromatic heterocycles. The summed E-state index contributed by atoms with van der Waals surface area (Å²) in [6, 6.07) is 11.3. The van der Waals surface area contributed by atoms with Crippen LogP contribution in [0.5, 0.6) is 0 Å². The van der Waals surface area contributed by atoms with Gasteiger partial charge >= 0.3 is 6.03 Å². The molecule has 0 saturated carbocycles. The van der Waals surface area contributed by atoms with E-state index in [1.165, 1.54) is 0 Å². The van der Waals surface area contributed by atoms with Crippen LogP contribution in [0.2, 0.25) is 0 Å². The van der Waals surface area contributed by atoms with Gasteiger partial charge in [-0.05, 0) is 26.2 Å². The molecule has 2 amide bonds. The van der Waals surface area contributed by atoms with E-state index in [1.807, 2.05) is 55.3 Å². The van der Waals surface area contributed by atoms with Crippen LogP contribution in [-0.4, -0.2) is 53.3 Å². The highest BCUT2D eigenvalue weighted by atomic mass is 16.3. The van der Waals surface area contributed by atoms with Crippen molar-refractivity contribution in [1.29, 1.82) is 0 Å². The van der Waals surface area contributed by atoms with Crippen LogP contribution >= 0.6 is 0 Å². The maximum atomic E-state index is 12.3. The summed E-state index contributed by atoms with van der Waals surface area (Å²) >= 11 is 0. The van der Waals surface area contributed by atoms with Crippen molar-refractivity contribution < 1.29 is 9.21 Å². The molecule has 0 atom stereocenters. The summed E-state index contributed by atoms with van der Waals surface area (Å²) in [6.45, 7) is 2.06. The third kappa shape index (κ3) is 4.39. The number of carbonyl (C=O) groups excluding carboxylic acids is 1. The first-order valence-corrected chi connectivity index (χ1v) is 8.19. The lowest BCUT2D eigenvalue weighted by Crippen LogP contribution is -2.30. The van der Waals surface area contributed by atoms with E-state index in [-0.39, 0.29) is 6.03 Å². The summed E-state index contributed by atoms with van der Waals surface area (Å²) in [5.41, 5.74) is 0.825. The summed E-state index contributed by atoms with van der Waals surface area (Å²) in [6.07, 6.45) is 1.86. The molecule has 2 heterocycles. The molecule has 3 rings (SSSR count). The Kier molecular flexibility index (Phi) is 5.04. The number of urea groups is 1. The first-order valence-electron chi connectivity index (χ1n) is 8.19. The molecule has 1 aromatic carbocycles. The standard InChI is InChI=1S/C18H23N5O2/c1-21(2)10-11-23-9-8-17(20-23)19-18(24)22(3)13-15-12-14-6-4-5-7-16(14)25-15/h4-9,12H,10-11,13H2,1-3H3,(H,19,20,24). The Morgan fingerprint density at radius 3 is 2.80 bits per heavy atom. The normalized spacial score (nSPS) is 11.2. The third-order valence-corrected chi connectivity index (χ3v) is 3.87. The zero-order valence-electron chi connectivity index (χ0n) is 14.8. The molecule has 1 N–H and O–H groups in total. The predicted octanol–water partition coefficient (Wildman–Crippen LogP) is 2.85. The van der Waals surface area contributed by atoms with Gasteiger partial charge in [0.15, 0.2) is 5.82 Å². The number of hydrogen-bond donors (Lipinski definition) is 1. The monoisotopic (exact) mass is 341 g/mol. The average Bonchev–Trinajstić information content (AvgIpc) is 3.18. The highest BCUT2D eigenvalue weighted by Crippen LogP contribution is 2.19. The van der Waals surface area contributed by atoms with E-state index in [1.54, 1.807) is 18.0 Å². The summed E-state index contributed by atoms with van der Waals surface area (Å²) in [5, 5.41) is 8.19. The van der Waals surface area contributed by atoms with Gasteiger partial charge in [-0.1, -0.05) is 18.2 Å². The van der Waals surface area contributed by atoms with Crippen molar-refractivity contribution in [1.82, 2.24) is 19.6 Å². The molecule has 7 heteroatoms. The summed E-state index contributed by atoms with van der Waals surface area (Å²) in [4.78, 5) is 16.0. The van der Waals surface area contributed by atoms with Crippen LogP contribution in [0.1, 0.15) is 5.76 Å². The number of carbonyl (C=O) groups is 1. The number of para-hydroxylation sites is 1. The minimum absolute atomic E-state index is 0.224. The molecule has 132 valence electrons. The zero-order chi connectivity index (χ0) is 17.8. The Labute approximate surface area is 146 Å². The molecule has 0 saturated heterocycles. The Bertz CT molecular complexity index is 819. The Morgan fingerprint density at radius 2 is 2.04 bits per heavy atom. The summed E-state index contributed by atoms with van der Waals surface area (Å²) in [7, 11) is 5.75. The lowest BCUT2D eigenvalue weighted by molar-refractivity contribution is 0.217. The number of benzene rings is 1. The van der Waals surface area contributed by atoms with Crippen molar-refractivity contribution in [2.75, 3.05) is 33.0 Å². The maximum Gasteiger partial charge on any atom is 0.323 e. The minimum atomic E-state index is -0.224. The van der Waals surface area contributed by atoms with Gasteiger partial charge in [-0.25, -0.2) is 4.79 Å². The SMILES string of the molecule is CN(C)CCn1ccc(NC(=O)N(C)Cc2cc3ccccc3o2)n1. The van der Waals surface area contributed by atoms with E-state index in [2.05, 4.69) is 15.3 Å². The third-order valence-electron chi connectivity index (χ3n) is 3.87. The van der Waals surface area contributed by atoms with E-state index < -0.39 is 0 Å². The molecular weight excluding hydrogens is 318 g/mol. The van der Waals surface area contributed by atoms with Crippen molar-refractivity contribution >= 4 is 22.8 Å². The van der Waals surface area contributed by atoms with E-state index in [9.17, 15) is 4.79 Å². The molecule has 0 aliphatic rings. The van der Waals surface area contributed by atoms with E-state index >= 15 is 0 Å². The number of aromatic nitrogens is 2. The fourth-order valence-electron chi connectivity index (χ4n) is 2.48. The van der Waals surface area contributed by atoms with Gasteiger partial charge < -0.3 is 14.2 Å². The van der Waals surface area contributed by atoms with Crippen LogP contribution < -0.4 is 5.32 Å². The van der Waals surface area contributed by atoms with Crippen molar-refractivity contribution in [3.8, 4) is 0 Å². The molecule has 25 heavy (non-hydrogen) atoms. The molecular formula is C18H23N5O2. The lowest BCUT2D eigenvalue weighted by atomic mass is 10.2. The smallest absolute Gasteiger partial charge is 0.323 e. The Balaban J connectivity index is 1.57. The van der Waals surface area contributed by atoms with Crippen molar-refractivity contribution in [2.24, 2.45) is 0 Å².